The molecular weight excluding hydrogens is 545 g/mol. The fraction of sp³-hybridized carbons (Fsp3) is 0.179. The molecule has 0 fully saturated rings. The normalized spacial score (nSPS) is 11.4. The summed E-state index contributed by atoms with van der Waals surface area (Å²) in [6.07, 6.45) is 0.641. The van der Waals surface area contributed by atoms with Crippen molar-refractivity contribution in [3.8, 4) is 11.5 Å². The number of halogens is 2. The average molecular weight is 573 g/mol. The molecule has 0 aliphatic rings. The minimum atomic E-state index is -4.03. The molecule has 0 spiro atoms. The van der Waals surface area contributed by atoms with Crippen LogP contribution in [0, 0.1) is 0 Å². The molecule has 0 saturated heterocycles. The minimum Gasteiger partial charge on any atom is -0.497 e. The lowest BCUT2D eigenvalue weighted by Crippen LogP contribution is -2.08. The number of hydrogen-bond donors (Lipinski definition) is 1. The standard InChI is InChI=1S/C28H26ClN3O4S.ClH/c1-35-22-16-24-27(25(17-22)36-14-6-13-30)32(18-19-7-4-10-21(29)15-19)31-28(24)37(33,34)26-12-5-9-20-8-2-3-11-23(20)26;/h2-5,7-12,15-17H,6,13-14,18,30H2,1H3;1H. The van der Waals surface area contributed by atoms with Crippen molar-refractivity contribution >= 4 is 55.5 Å². The van der Waals surface area contributed by atoms with Gasteiger partial charge in [0.15, 0.2) is 5.03 Å². The zero-order valence-corrected chi connectivity index (χ0v) is 23.0. The van der Waals surface area contributed by atoms with Crippen LogP contribution in [0.25, 0.3) is 21.7 Å². The van der Waals surface area contributed by atoms with Crippen LogP contribution >= 0.6 is 24.0 Å². The highest BCUT2D eigenvalue weighted by molar-refractivity contribution is 7.91. The van der Waals surface area contributed by atoms with Crippen molar-refractivity contribution in [3.05, 3.63) is 89.4 Å². The molecule has 2 N–H and O–H groups in total. The number of ether oxygens (including phenoxy) is 2. The predicted octanol–water partition coefficient (Wildman–Crippen LogP) is 5.88. The first kappa shape index (κ1) is 27.7. The van der Waals surface area contributed by atoms with Crippen molar-refractivity contribution in [1.29, 1.82) is 0 Å². The van der Waals surface area contributed by atoms with Gasteiger partial charge < -0.3 is 15.2 Å². The fourth-order valence-corrected chi connectivity index (χ4v) is 6.18. The Balaban J connectivity index is 0.00000336. The maximum Gasteiger partial charge on any atom is 0.226 e. The highest BCUT2D eigenvalue weighted by atomic mass is 35.5. The van der Waals surface area contributed by atoms with Gasteiger partial charge in [0.25, 0.3) is 0 Å². The molecule has 0 bridgehead atoms. The van der Waals surface area contributed by atoms with E-state index in [1.54, 1.807) is 41.1 Å². The Morgan fingerprint density at radius 2 is 1.74 bits per heavy atom. The molecular formula is C28H27Cl2N3O4S. The van der Waals surface area contributed by atoms with E-state index in [4.69, 9.17) is 26.8 Å². The SMILES string of the molecule is COc1cc(OCCCN)c2c(c1)c(S(=O)(=O)c1cccc3ccccc13)nn2Cc1cccc(Cl)c1.Cl. The molecule has 10 heteroatoms. The van der Waals surface area contributed by atoms with Crippen molar-refractivity contribution < 1.29 is 17.9 Å². The van der Waals surface area contributed by atoms with Gasteiger partial charge in [-0.3, -0.25) is 4.68 Å². The van der Waals surface area contributed by atoms with Crippen LogP contribution in [0.3, 0.4) is 0 Å². The first-order chi connectivity index (χ1) is 17.9. The first-order valence-electron chi connectivity index (χ1n) is 11.8. The molecule has 1 heterocycles. The zero-order chi connectivity index (χ0) is 26.0. The number of nitrogens with two attached hydrogens (primary N) is 1. The van der Waals surface area contributed by atoms with Crippen molar-refractivity contribution in [3.63, 3.8) is 0 Å². The second-order valence-electron chi connectivity index (χ2n) is 8.59. The number of aromatic nitrogens is 2. The van der Waals surface area contributed by atoms with Gasteiger partial charge in [-0.25, -0.2) is 8.42 Å². The quantitative estimate of drug-likeness (QED) is 0.222. The van der Waals surface area contributed by atoms with Crippen LogP contribution in [0.1, 0.15) is 12.0 Å². The smallest absolute Gasteiger partial charge is 0.226 e. The fourth-order valence-electron chi connectivity index (χ4n) is 4.37. The van der Waals surface area contributed by atoms with Crippen LogP contribution in [0.5, 0.6) is 11.5 Å². The van der Waals surface area contributed by atoms with Crippen molar-refractivity contribution in [2.24, 2.45) is 5.73 Å². The van der Waals surface area contributed by atoms with Crippen LogP contribution in [-0.4, -0.2) is 38.5 Å². The largest absolute Gasteiger partial charge is 0.497 e. The summed E-state index contributed by atoms with van der Waals surface area (Å²) in [6, 6.07) is 23.4. The Bertz CT molecular complexity index is 1700. The number of nitrogens with zero attached hydrogens (tertiary/aromatic N) is 2. The van der Waals surface area contributed by atoms with E-state index < -0.39 is 9.84 Å². The van der Waals surface area contributed by atoms with Crippen LogP contribution in [-0.2, 0) is 16.4 Å². The highest BCUT2D eigenvalue weighted by Crippen LogP contribution is 2.38. The molecule has 0 amide bonds. The van der Waals surface area contributed by atoms with Crippen molar-refractivity contribution in [2.75, 3.05) is 20.3 Å². The monoisotopic (exact) mass is 571 g/mol. The molecule has 4 aromatic carbocycles. The third-order valence-corrected chi connectivity index (χ3v) is 8.09. The molecule has 0 aliphatic heterocycles. The molecule has 5 aromatic rings. The third kappa shape index (κ3) is 5.31. The molecule has 7 nitrogen and oxygen atoms in total. The van der Waals surface area contributed by atoms with Crippen molar-refractivity contribution in [2.45, 2.75) is 22.9 Å². The van der Waals surface area contributed by atoms with Crippen LogP contribution < -0.4 is 15.2 Å². The number of sulfone groups is 1. The number of methoxy groups -OCH3 is 1. The van der Waals surface area contributed by atoms with E-state index in [0.717, 1.165) is 10.9 Å². The summed E-state index contributed by atoms with van der Waals surface area (Å²) < 4.78 is 41.5. The van der Waals surface area contributed by atoms with Crippen LogP contribution in [0.15, 0.2) is 88.8 Å². The number of hydrogen-bond acceptors (Lipinski definition) is 6. The van der Waals surface area contributed by atoms with Gasteiger partial charge in [-0.05, 0) is 48.2 Å². The number of benzene rings is 4. The van der Waals surface area contributed by atoms with E-state index in [9.17, 15) is 8.42 Å². The van der Waals surface area contributed by atoms with Gasteiger partial charge in [-0.15, -0.1) is 12.4 Å². The van der Waals surface area contributed by atoms with Gasteiger partial charge in [-0.2, -0.15) is 5.10 Å². The lowest BCUT2D eigenvalue weighted by molar-refractivity contribution is 0.313. The van der Waals surface area contributed by atoms with Gasteiger partial charge in [-0.1, -0.05) is 60.1 Å². The molecule has 38 heavy (non-hydrogen) atoms. The predicted molar refractivity (Wildman–Crippen MR) is 153 cm³/mol. The molecule has 0 aliphatic carbocycles. The highest BCUT2D eigenvalue weighted by Gasteiger charge is 2.29. The van der Waals surface area contributed by atoms with Gasteiger partial charge in [0.2, 0.25) is 9.84 Å². The van der Waals surface area contributed by atoms with E-state index in [1.165, 1.54) is 7.11 Å². The number of rotatable bonds is 9. The maximum absolute atomic E-state index is 14.2. The maximum atomic E-state index is 14.2. The first-order valence-corrected chi connectivity index (χ1v) is 13.7. The average Bonchev–Trinajstić information content (AvgIpc) is 3.27. The molecule has 0 saturated carbocycles. The summed E-state index contributed by atoms with van der Waals surface area (Å²) in [5.41, 5.74) is 7.09. The van der Waals surface area contributed by atoms with Gasteiger partial charge >= 0.3 is 0 Å². The molecule has 0 unspecified atom stereocenters. The lowest BCUT2D eigenvalue weighted by Gasteiger charge is -2.12. The van der Waals surface area contributed by atoms with Crippen LogP contribution in [0.2, 0.25) is 5.02 Å². The van der Waals surface area contributed by atoms with E-state index in [0.29, 0.717) is 58.9 Å². The third-order valence-electron chi connectivity index (χ3n) is 6.11. The minimum absolute atomic E-state index is 0. The Hall–Kier alpha value is -3.30. The van der Waals surface area contributed by atoms with Gasteiger partial charge in [0, 0.05) is 21.9 Å². The second kappa shape index (κ2) is 11.6. The Kier molecular flexibility index (Phi) is 8.47. The molecule has 0 radical (unpaired) electrons. The summed E-state index contributed by atoms with van der Waals surface area (Å²) in [5, 5.41) is 7.05. The Morgan fingerprint density at radius 3 is 2.50 bits per heavy atom. The van der Waals surface area contributed by atoms with Crippen molar-refractivity contribution in [1.82, 2.24) is 9.78 Å². The molecule has 198 valence electrons. The summed E-state index contributed by atoms with van der Waals surface area (Å²) in [5.74, 6) is 0.934. The van der Waals surface area contributed by atoms with Gasteiger partial charge in [0.1, 0.15) is 17.0 Å². The van der Waals surface area contributed by atoms with E-state index >= 15 is 0 Å². The van der Waals surface area contributed by atoms with E-state index in [2.05, 4.69) is 5.10 Å². The van der Waals surface area contributed by atoms with E-state index in [1.807, 2.05) is 42.5 Å². The summed E-state index contributed by atoms with van der Waals surface area (Å²) in [4.78, 5) is 0.188. The number of fused-ring (bicyclic) bond motifs is 2. The summed E-state index contributed by atoms with van der Waals surface area (Å²) in [6.45, 7) is 1.13. The summed E-state index contributed by atoms with van der Waals surface area (Å²) >= 11 is 6.22. The van der Waals surface area contributed by atoms with E-state index in [-0.39, 0.29) is 22.3 Å². The molecule has 5 rings (SSSR count). The second-order valence-corrected chi connectivity index (χ2v) is 10.9. The Morgan fingerprint density at radius 1 is 0.974 bits per heavy atom. The lowest BCUT2D eigenvalue weighted by atomic mass is 10.1. The van der Waals surface area contributed by atoms with Crippen LogP contribution in [0.4, 0.5) is 0 Å². The zero-order valence-electron chi connectivity index (χ0n) is 20.6. The summed E-state index contributed by atoms with van der Waals surface area (Å²) in [7, 11) is -2.50. The molecule has 1 aromatic heterocycles. The topological polar surface area (TPSA) is 96.4 Å². The molecule has 0 atom stereocenters. The Labute approximate surface area is 232 Å². The van der Waals surface area contributed by atoms with Gasteiger partial charge in [0.05, 0.1) is 25.2 Å².